The minimum Gasteiger partial charge on any atom is -0.497 e. The summed E-state index contributed by atoms with van der Waals surface area (Å²) in [5.74, 6) is -0.277. The molecule has 0 atom stereocenters. The Morgan fingerprint density at radius 3 is 1.95 bits per heavy atom. The van der Waals surface area contributed by atoms with Crippen molar-refractivity contribution in [3.8, 4) is 11.8 Å². The lowest BCUT2D eigenvalue weighted by atomic mass is 9.93. The highest BCUT2D eigenvalue weighted by Gasteiger charge is 2.26. The lowest BCUT2D eigenvalue weighted by Gasteiger charge is -2.24. The molecule has 0 aromatic heterocycles. The van der Waals surface area contributed by atoms with Gasteiger partial charge in [0.15, 0.2) is 0 Å². The minimum absolute atomic E-state index is 0.00668. The molecule has 0 bridgehead atoms. The summed E-state index contributed by atoms with van der Waals surface area (Å²) in [4.78, 5) is 25.3. The summed E-state index contributed by atoms with van der Waals surface area (Å²) >= 11 is 0. The lowest BCUT2D eigenvalue weighted by molar-refractivity contribution is -0.150. The summed E-state index contributed by atoms with van der Waals surface area (Å²) in [6.07, 6.45) is 9.72. The number of esters is 2. The van der Waals surface area contributed by atoms with Gasteiger partial charge in [0, 0.05) is 17.4 Å². The second-order valence-corrected chi connectivity index (χ2v) is 10.6. The predicted molar refractivity (Wildman–Crippen MR) is 154 cm³/mol. The number of rotatable bonds is 17. The maximum atomic E-state index is 13.1. The van der Waals surface area contributed by atoms with E-state index in [1.54, 1.807) is 19.2 Å². The van der Waals surface area contributed by atoms with Gasteiger partial charge in [0.2, 0.25) is 0 Å². The molecule has 0 aliphatic heterocycles. The van der Waals surface area contributed by atoms with Crippen LogP contribution in [0, 0.1) is 16.7 Å². The van der Waals surface area contributed by atoms with Gasteiger partial charge in [-0.25, -0.2) is 4.79 Å². The third kappa shape index (κ3) is 11.4. The number of ether oxygens (including phenoxy) is 3. The Labute approximate surface area is 234 Å². The molecule has 0 radical (unpaired) electrons. The number of nitrogens with zero attached hydrogens (tertiary/aromatic N) is 1. The van der Waals surface area contributed by atoms with E-state index in [0.29, 0.717) is 23.3 Å². The van der Waals surface area contributed by atoms with Crippen molar-refractivity contribution in [2.45, 2.75) is 78.6 Å². The highest BCUT2D eigenvalue weighted by molar-refractivity contribution is 6.05. The molecule has 0 amide bonds. The minimum atomic E-state index is -0.717. The monoisotopic (exact) mass is 533 g/mol. The maximum absolute atomic E-state index is 13.1. The Kier molecular flexibility index (Phi) is 13.9. The highest BCUT2D eigenvalue weighted by Crippen LogP contribution is 2.29. The predicted octanol–water partition coefficient (Wildman–Crippen LogP) is 7.66. The van der Waals surface area contributed by atoms with E-state index in [1.165, 1.54) is 32.1 Å². The van der Waals surface area contributed by atoms with Gasteiger partial charge in [0.05, 0.1) is 13.7 Å². The number of benzene rings is 2. The average molecular weight is 534 g/mol. The van der Waals surface area contributed by atoms with Crippen LogP contribution in [-0.4, -0.2) is 32.3 Å². The number of hydrogen-bond acceptors (Lipinski definition) is 6. The molecular formula is C33H43NO5. The quantitative estimate of drug-likeness (QED) is 0.0898. The van der Waals surface area contributed by atoms with E-state index in [2.05, 4.69) is 6.92 Å². The molecule has 0 fully saturated rings. The van der Waals surface area contributed by atoms with Crippen molar-refractivity contribution in [3.05, 3.63) is 71.3 Å². The summed E-state index contributed by atoms with van der Waals surface area (Å²) in [6.45, 7) is 6.07. The standard InChI is InChI=1S/C33H43NO5/c1-5-6-7-8-9-10-11-15-18-30(35)38-24-33(2,3)25-39-32(36)29(23-34)31(26-16-13-12-14-17-26)27-19-21-28(37-4)22-20-27/h12-14,16-17,19-22H,5-11,15,18,24-25H2,1-4H3/b31-29-. The van der Waals surface area contributed by atoms with Gasteiger partial charge in [0.1, 0.15) is 24.0 Å². The first-order valence-electron chi connectivity index (χ1n) is 14.0. The van der Waals surface area contributed by atoms with Crippen LogP contribution in [0.1, 0.15) is 89.7 Å². The van der Waals surface area contributed by atoms with Gasteiger partial charge in [-0.05, 0) is 29.7 Å². The van der Waals surface area contributed by atoms with Gasteiger partial charge in [-0.15, -0.1) is 0 Å². The van der Waals surface area contributed by atoms with Crippen molar-refractivity contribution in [2.75, 3.05) is 20.3 Å². The second kappa shape index (κ2) is 17.1. The first-order valence-corrected chi connectivity index (χ1v) is 14.0. The molecule has 2 aromatic carbocycles. The van der Waals surface area contributed by atoms with Crippen LogP contribution in [-0.2, 0) is 19.1 Å². The van der Waals surface area contributed by atoms with Gasteiger partial charge < -0.3 is 14.2 Å². The van der Waals surface area contributed by atoms with Crippen molar-refractivity contribution in [1.82, 2.24) is 0 Å². The summed E-state index contributed by atoms with van der Waals surface area (Å²) in [5.41, 5.74) is 1.22. The van der Waals surface area contributed by atoms with Crippen LogP contribution in [0.2, 0.25) is 0 Å². The Morgan fingerprint density at radius 2 is 1.36 bits per heavy atom. The number of hydrogen-bond donors (Lipinski definition) is 0. The number of nitriles is 1. The Hall–Kier alpha value is -3.59. The highest BCUT2D eigenvalue weighted by atomic mass is 16.5. The van der Waals surface area contributed by atoms with Crippen LogP contribution in [0.3, 0.4) is 0 Å². The largest absolute Gasteiger partial charge is 0.497 e. The van der Waals surface area contributed by atoms with E-state index in [-0.39, 0.29) is 24.8 Å². The third-order valence-corrected chi connectivity index (χ3v) is 6.46. The number of carbonyl (C=O) groups is 2. The van der Waals surface area contributed by atoms with Crippen LogP contribution < -0.4 is 4.74 Å². The lowest BCUT2D eigenvalue weighted by Crippen LogP contribution is -2.29. The molecule has 0 spiro atoms. The second-order valence-electron chi connectivity index (χ2n) is 10.6. The van der Waals surface area contributed by atoms with Gasteiger partial charge in [-0.3, -0.25) is 4.79 Å². The topological polar surface area (TPSA) is 85.6 Å². The molecule has 0 saturated heterocycles. The first kappa shape index (κ1) is 31.6. The molecule has 0 unspecified atom stereocenters. The normalized spacial score (nSPS) is 11.8. The van der Waals surface area contributed by atoms with Crippen molar-refractivity contribution in [3.63, 3.8) is 0 Å². The van der Waals surface area contributed by atoms with Crippen molar-refractivity contribution in [2.24, 2.45) is 5.41 Å². The summed E-state index contributed by atoms with van der Waals surface area (Å²) in [6, 6.07) is 18.5. The zero-order chi connectivity index (χ0) is 28.5. The number of carbonyl (C=O) groups excluding carboxylic acids is 2. The number of unbranched alkanes of at least 4 members (excludes halogenated alkanes) is 7. The average Bonchev–Trinajstić information content (AvgIpc) is 2.95. The molecular weight excluding hydrogens is 490 g/mol. The molecule has 2 rings (SSSR count). The first-order chi connectivity index (χ1) is 18.8. The zero-order valence-electron chi connectivity index (χ0n) is 24.0. The van der Waals surface area contributed by atoms with E-state index >= 15 is 0 Å². The molecule has 0 heterocycles. The van der Waals surface area contributed by atoms with E-state index in [0.717, 1.165) is 24.8 Å². The Bertz CT molecular complexity index is 1100. The van der Waals surface area contributed by atoms with Crippen molar-refractivity contribution < 1.29 is 23.8 Å². The fourth-order valence-corrected chi connectivity index (χ4v) is 4.15. The van der Waals surface area contributed by atoms with Gasteiger partial charge >= 0.3 is 11.9 Å². The smallest absolute Gasteiger partial charge is 0.349 e. The van der Waals surface area contributed by atoms with Crippen LogP contribution >= 0.6 is 0 Å². The SMILES string of the molecule is CCCCCCCCCCC(=O)OCC(C)(C)COC(=O)/C(C#N)=C(/c1ccccc1)c1ccc(OC)cc1. The van der Waals surface area contributed by atoms with Crippen LogP contribution in [0.25, 0.3) is 5.57 Å². The molecule has 0 saturated carbocycles. The Morgan fingerprint density at radius 1 is 0.795 bits per heavy atom. The van der Waals surface area contributed by atoms with Gasteiger partial charge in [-0.2, -0.15) is 5.26 Å². The van der Waals surface area contributed by atoms with Gasteiger partial charge in [0.25, 0.3) is 0 Å². The van der Waals surface area contributed by atoms with Crippen LogP contribution in [0.15, 0.2) is 60.2 Å². The van der Waals surface area contributed by atoms with Gasteiger partial charge in [-0.1, -0.05) is 108 Å². The molecule has 6 nitrogen and oxygen atoms in total. The summed E-state index contributed by atoms with van der Waals surface area (Å²) in [5, 5.41) is 9.97. The molecule has 2 aromatic rings. The molecule has 39 heavy (non-hydrogen) atoms. The molecule has 210 valence electrons. The molecule has 0 aliphatic carbocycles. The fraction of sp³-hybridized carbons (Fsp3) is 0.485. The van der Waals surface area contributed by atoms with E-state index in [9.17, 15) is 14.9 Å². The third-order valence-electron chi connectivity index (χ3n) is 6.46. The maximum Gasteiger partial charge on any atom is 0.349 e. The van der Waals surface area contributed by atoms with Crippen molar-refractivity contribution >= 4 is 17.5 Å². The summed E-state index contributed by atoms with van der Waals surface area (Å²) < 4.78 is 16.3. The zero-order valence-corrected chi connectivity index (χ0v) is 24.0. The van der Waals surface area contributed by atoms with E-state index < -0.39 is 11.4 Å². The number of methoxy groups -OCH3 is 1. The molecule has 6 heteroatoms. The molecule has 0 N–H and O–H groups in total. The fourth-order valence-electron chi connectivity index (χ4n) is 4.15. The van der Waals surface area contributed by atoms with Crippen LogP contribution in [0.5, 0.6) is 5.75 Å². The molecule has 0 aliphatic rings. The van der Waals surface area contributed by atoms with E-state index in [4.69, 9.17) is 14.2 Å². The summed E-state index contributed by atoms with van der Waals surface area (Å²) in [7, 11) is 1.58. The van der Waals surface area contributed by atoms with Crippen molar-refractivity contribution in [1.29, 1.82) is 5.26 Å². The Balaban J connectivity index is 1.95. The van der Waals surface area contributed by atoms with Crippen LogP contribution in [0.4, 0.5) is 0 Å². The van der Waals surface area contributed by atoms with E-state index in [1.807, 2.05) is 62.4 Å².